The fourth-order valence-corrected chi connectivity index (χ4v) is 3.35. The highest BCUT2D eigenvalue weighted by atomic mass is 79.9. The molecule has 0 aliphatic heterocycles. The molecular weight excluding hydrogens is 437 g/mol. The summed E-state index contributed by atoms with van der Waals surface area (Å²) in [6.45, 7) is -0.0245. The molecule has 0 unspecified atom stereocenters. The maximum absolute atomic E-state index is 13.5. The van der Waals surface area contributed by atoms with E-state index in [-0.39, 0.29) is 12.4 Å². The molecule has 144 valence electrons. The molecule has 0 saturated carbocycles. The van der Waals surface area contributed by atoms with Gasteiger partial charge in [-0.1, -0.05) is 34.1 Å². The van der Waals surface area contributed by atoms with Gasteiger partial charge in [-0.2, -0.15) is 23.4 Å². The molecular formula is C19H14BrF3N4O. The Kier molecular flexibility index (Phi) is 4.62. The first-order valence-corrected chi connectivity index (χ1v) is 9.07. The standard InChI is InChI=1S/C19H14BrF3N4O/c1-28-13-7-5-12(6-8-13)10-26-17(19(21,22)23)9-18(25-26)27-11-14-15(20)3-2-4-16(14)24-27/h2-9,11H,10H2,1H3. The number of hydrogen-bond donors (Lipinski definition) is 0. The summed E-state index contributed by atoms with van der Waals surface area (Å²) < 4.78 is 48.8. The lowest BCUT2D eigenvalue weighted by atomic mass is 10.2. The second kappa shape index (κ2) is 6.97. The van der Waals surface area contributed by atoms with Crippen LogP contribution in [-0.4, -0.2) is 26.7 Å². The average Bonchev–Trinajstić information content (AvgIpc) is 3.27. The molecule has 0 saturated heterocycles. The summed E-state index contributed by atoms with van der Waals surface area (Å²) in [7, 11) is 1.53. The van der Waals surface area contributed by atoms with E-state index in [4.69, 9.17) is 4.74 Å². The molecule has 0 aliphatic rings. The maximum atomic E-state index is 13.5. The largest absolute Gasteiger partial charge is 0.497 e. The van der Waals surface area contributed by atoms with Crippen molar-refractivity contribution < 1.29 is 17.9 Å². The van der Waals surface area contributed by atoms with E-state index < -0.39 is 11.9 Å². The number of ether oxygens (including phenoxy) is 1. The third-order valence-corrected chi connectivity index (χ3v) is 4.97. The highest BCUT2D eigenvalue weighted by molar-refractivity contribution is 9.10. The lowest BCUT2D eigenvalue weighted by Crippen LogP contribution is -2.15. The third kappa shape index (κ3) is 3.49. The number of nitrogens with zero attached hydrogens (tertiary/aromatic N) is 4. The van der Waals surface area contributed by atoms with Crippen molar-refractivity contribution in [2.24, 2.45) is 0 Å². The molecule has 0 bridgehead atoms. The van der Waals surface area contributed by atoms with E-state index in [0.717, 1.165) is 20.6 Å². The zero-order chi connectivity index (χ0) is 19.9. The van der Waals surface area contributed by atoms with Crippen molar-refractivity contribution >= 4 is 26.8 Å². The van der Waals surface area contributed by atoms with Crippen molar-refractivity contribution in [3.8, 4) is 11.6 Å². The topological polar surface area (TPSA) is 44.9 Å². The molecule has 4 aromatic rings. The van der Waals surface area contributed by atoms with Gasteiger partial charge in [0, 0.05) is 22.1 Å². The van der Waals surface area contributed by atoms with Gasteiger partial charge in [0.15, 0.2) is 5.82 Å². The molecule has 5 nitrogen and oxygen atoms in total. The average molecular weight is 451 g/mol. The van der Waals surface area contributed by atoms with Crippen LogP contribution in [0.5, 0.6) is 5.75 Å². The van der Waals surface area contributed by atoms with Crippen molar-refractivity contribution in [3.63, 3.8) is 0 Å². The zero-order valence-electron chi connectivity index (χ0n) is 14.6. The smallest absolute Gasteiger partial charge is 0.433 e. The predicted molar refractivity (Wildman–Crippen MR) is 102 cm³/mol. The quantitative estimate of drug-likeness (QED) is 0.436. The van der Waals surface area contributed by atoms with Gasteiger partial charge in [0.05, 0.1) is 19.2 Å². The molecule has 0 atom stereocenters. The third-order valence-electron chi connectivity index (χ3n) is 4.28. The number of hydrogen-bond acceptors (Lipinski definition) is 3. The number of aromatic nitrogens is 4. The van der Waals surface area contributed by atoms with Crippen molar-refractivity contribution in [1.82, 2.24) is 19.6 Å². The minimum atomic E-state index is -4.54. The van der Waals surface area contributed by atoms with Gasteiger partial charge < -0.3 is 4.74 Å². The SMILES string of the molecule is COc1ccc(Cn2nc(-n3cc4c(Br)cccc4n3)cc2C(F)(F)F)cc1. The van der Waals surface area contributed by atoms with Gasteiger partial charge in [-0.25, -0.2) is 4.68 Å². The summed E-state index contributed by atoms with van der Waals surface area (Å²) in [5.41, 5.74) is 0.499. The molecule has 0 N–H and O–H groups in total. The Bertz CT molecular complexity index is 1130. The second-order valence-electron chi connectivity index (χ2n) is 6.14. The first kappa shape index (κ1) is 18.5. The Morgan fingerprint density at radius 2 is 1.82 bits per heavy atom. The summed E-state index contributed by atoms with van der Waals surface area (Å²) in [4.78, 5) is 0. The molecule has 2 heterocycles. The van der Waals surface area contributed by atoms with Crippen molar-refractivity contribution in [3.05, 3.63) is 70.5 Å². The highest BCUT2D eigenvalue weighted by Gasteiger charge is 2.36. The van der Waals surface area contributed by atoms with Gasteiger partial charge >= 0.3 is 6.18 Å². The lowest BCUT2D eigenvalue weighted by Gasteiger charge is -2.10. The van der Waals surface area contributed by atoms with Crippen LogP contribution < -0.4 is 4.74 Å². The minimum absolute atomic E-state index is 0.0245. The monoisotopic (exact) mass is 450 g/mol. The van der Waals surface area contributed by atoms with Crippen molar-refractivity contribution in [1.29, 1.82) is 0 Å². The van der Waals surface area contributed by atoms with Crippen LogP contribution in [0.25, 0.3) is 16.7 Å². The van der Waals surface area contributed by atoms with E-state index in [1.807, 2.05) is 12.1 Å². The number of benzene rings is 2. The molecule has 0 radical (unpaired) electrons. The molecule has 0 fully saturated rings. The molecule has 4 rings (SSSR count). The number of rotatable bonds is 4. The summed E-state index contributed by atoms with van der Waals surface area (Å²) in [6, 6.07) is 13.3. The van der Waals surface area contributed by atoms with E-state index in [1.165, 1.54) is 11.8 Å². The molecule has 28 heavy (non-hydrogen) atoms. The number of halogens is 4. The van der Waals surface area contributed by atoms with E-state index >= 15 is 0 Å². The van der Waals surface area contributed by atoms with Gasteiger partial charge in [0.25, 0.3) is 0 Å². The zero-order valence-corrected chi connectivity index (χ0v) is 16.2. The van der Waals surface area contributed by atoms with Crippen LogP contribution in [0.4, 0.5) is 13.2 Å². The maximum Gasteiger partial charge on any atom is 0.433 e. The highest BCUT2D eigenvalue weighted by Crippen LogP contribution is 2.32. The van der Waals surface area contributed by atoms with Crippen LogP contribution >= 0.6 is 15.9 Å². The van der Waals surface area contributed by atoms with Crippen molar-refractivity contribution in [2.75, 3.05) is 7.11 Å². The van der Waals surface area contributed by atoms with Crippen LogP contribution in [0, 0.1) is 0 Å². The number of alkyl halides is 3. The summed E-state index contributed by atoms with van der Waals surface area (Å²) in [5, 5.41) is 9.29. The molecule has 2 aromatic heterocycles. The Morgan fingerprint density at radius 1 is 1.07 bits per heavy atom. The van der Waals surface area contributed by atoms with Gasteiger partial charge in [-0.05, 0) is 29.8 Å². The van der Waals surface area contributed by atoms with Gasteiger partial charge in [0.2, 0.25) is 0 Å². The molecule has 0 spiro atoms. The van der Waals surface area contributed by atoms with E-state index in [1.54, 1.807) is 36.5 Å². The predicted octanol–water partition coefficient (Wildman–Crippen LogP) is 5.06. The Balaban J connectivity index is 1.75. The molecule has 9 heteroatoms. The second-order valence-corrected chi connectivity index (χ2v) is 6.99. The van der Waals surface area contributed by atoms with Crippen LogP contribution in [0.15, 0.2) is 59.2 Å². The van der Waals surface area contributed by atoms with Crippen LogP contribution in [0.3, 0.4) is 0 Å². The van der Waals surface area contributed by atoms with E-state index in [0.29, 0.717) is 16.8 Å². The molecule has 2 aromatic carbocycles. The van der Waals surface area contributed by atoms with Gasteiger partial charge in [0.1, 0.15) is 11.4 Å². The van der Waals surface area contributed by atoms with Crippen molar-refractivity contribution in [2.45, 2.75) is 12.7 Å². The van der Waals surface area contributed by atoms with E-state index in [9.17, 15) is 13.2 Å². The summed E-state index contributed by atoms with van der Waals surface area (Å²) >= 11 is 3.42. The first-order chi connectivity index (χ1) is 13.3. The molecule has 0 amide bonds. The molecule has 0 aliphatic carbocycles. The summed E-state index contributed by atoms with van der Waals surface area (Å²) in [5.74, 6) is 0.735. The van der Waals surface area contributed by atoms with Gasteiger partial charge in [-0.3, -0.25) is 4.68 Å². The Morgan fingerprint density at radius 3 is 2.46 bits per heavy atom. The van der Waals surface area contributed by atoms with Crippen LogP contribution in [0.2, 0.25) is 0 Å². The number of fused-ring (bicyclic) bond motifs is 1. The fraction of sp³-hybridized carbons (Fsp3) is 0.158. The number of methoxy groups -OCH3 is 1. The fourth-order valence-electron chi connectivity index (χ4n) is 2.89. The first-order valence-electron chi connectivity index (χ1n) is 8.27. The minimum Gasteiger partial charge on any atom is -0.497 e. The lowest BCUT2D eigenvalue weighted by molar-refractivity contribution is -0.144. The van der Waals surface area contributed by atoms with Gasteiger partial charge in [-0.15, -0.1) is 0 Å². The normalized spacial score (nSPS) is 11.9. The Labute approximate surface area is 166 Å². The Hall–Kier alpha value is -2.81. The van der Waals surface area contributed by atoms with Crippen LogP contribution in [-0.2, 0) is 12.7 Å². The van der Waals surface area contributed by atoms with E-state index in [2.05, 4.69) is 26.1 Å². The summed E-state index contributed by atoms with van der Waals surface area (Å²) in [6.07, 6.45) is -2.88. The van der Waals surface area contributed by atoms with Crippen LogP contribution in [0.1, 0.15) is 11.3 Å².